The smallest absolute Gasteiger partial charge is 0.416 e. The first-order valence-corrected chi connectivity index (χ1v) is 8.88. The number of hydrogen-bond acceptors (Lipinski definition) is 4. The minimum atomic E-state index is -4.50. The van der Waals surface area contributed by atoms with E-state index in [9.17, 15) is 27.6 Å². The van der Waals surface area contributed by atoms with E-state index in [1.165, 1.54) is 43.3 Å². The lowest BCUT2D eigenvalue weighted by molar-refractivity contribution is -0.137. The highest BCUT2D eigenvalue weighted by Crippen LogP contribution is 2.31. The third-order valence-electron chi connectivity index (χ3n) is 3.75. The van der Waals surface area contributed by atoms with Gasteiger partial charge in [-0.1, -0.05) is 6.07 Å². The molecule has 2 aromatic carbocycles. The quantitative estimate of drug-likeness (QED) is 0.569. The van der Waals surface area contributed by atoms with Gasteiger partial charge in [0.25, 0.3) is 11.8 Å². The topological polar surface area (TPSA) is 96.5 Å². The minimum Gasteiger partial charge on any atom is -0.484 e. The zero-order valence-corrected chi connectivity index (χ0v) is 16.0. The number of ether oxygens (including phenoxy) is 1. The predicted octanol–water partition coefficient (Wildman–Crippen LogP) is 2.59. The normalized spacial score (nSPS) is 10.8. The Labute approximate surface area is 170 Å². The number of nitrogens with one attached hydrogen (secondary N) is 3. The SMILES string of the molecule is CC(=O)NCCNC(=O)c1ccc(NC(=O)COc2cccc(C(F)(F)F)c2)cc1. The van der Waals surface area contributed by atoms with Crippen LogP contribution in [-0.2, 0) is 15.8 Å². The van der Waals surface area contributed by atoms with E-state index in [-0.39, 0.29) is 24.1 Å². The summed E-state index contributed by atoms with van der Waals surface area (Å²) in [6, 6.07) is 10.2. The lowest BCUT2D eigenvalue weighted by atomic mass is 10.2. The Hall–Kier alpha value is -3.56. The third-order valence-corrected chi connectivity index (χ3v) is 3.75. The van der Waals surface area contributed by atoms with Crippen LogP contribution in [0.5, 0.6) is 5.75 Å². The van der Waals surface area contributed by atoms with Crippen LogP contribution < -0.4 is 20.7 Å². The molecule has 0 atom stereocenters. The molecular formula is C20H20F3N3O4. The summed E-state index contributed by atoms with van der Waals surface area (Å²) in [7, 11) is 0. The average Bonchev–Trinajstić information content (AvgIpc) is 2.69. The van der Waals surface area contributed by atoms with Gasteiger partial charge in [-0.25, -0.2) is 0 Å². The molecule has 2 rings (SSSR count). The summed E-state index contributed by atoms with van der Waals surface area (Å²) in [6.45, 7) is 1.47. The number of hydrogen-bond donors (Lipinski definition) is 3. The lowest BCUT2D eigenvalue weighted by Gasteiger charge is -2.11. The van der Waals surface area contributed by atoms with Gasteiger partial charge in [-0.2, -0.15) is 13.2 Å². The van der Waals surface area contributed by atoms with Crippen molar-refractivity contribution in [1.82, 2.24) is 10.6 Å². The summed E-state index contributed by atoms with van der Waals surface area (Å²) in [4.78, 5) is 34.7. The van der Waals surface area contributed by atoms with Crippen LogP contribution in [0.2, 0.25) is 0 Å². The van der Waals surface area contributed by atoms with Crippen molar-refractivity contribution in [3.05, 3.63) is 59.7 Å². The molecule has 0 spiro atoms. The maximum atomic E-state index is 12.7. The summed E-state index contributed by atoms with van der Waals surface area (Å²) >= 11 is 0. The predicted molar refractivity (Wildman–Crippen MR) is 103 cm³/mol. The van der Waals surface area contributed by atoms with Crippen LogP contribution in [0.1, 0.15) is 22.8 Å². The van der Waals surface area contributed by atoms with Gasteiger partial charge >= 0.3 is 6.18 Å². The van der Waals surface area contributed by atoms with E-state index >= 15 is 0 Å². The highest BCUT2D eigenvalue weighted by atomic mass is 19.4. The van der Waals surface area contributed by atoms with E-state index in [0.717, 1.165) is 12.1 Å². The Morgan fingerprint density at radius 3 is 2.27 bits per heavy atom. The highest BCUT2D eigenvalue weighted by molar-refractivity contribution is 5.96. The number of rotatable bonds is 8. The Balaban J connectivity index is 1.82. The van der Waals surface area contributed by atoms with E-state index in [0.29, 0.717) is 17.8 Å². The zero-order valence-electron chi connectivity index (χ0n) is 16.0. The van der Waals surface area contributed by atoms with Crippen molar-refractivity contribution in [2.24, 2.45) is 0 Å². The number of carbonyl (C=O) groups excluding carboxylic acids is 3. The van der Waals surface area contributed by atoms with Crippen molar-refractivity contribution in [1.29, 1.82) is 0 Å². The molecule has 2 aromatic rings. The van der Waals surface area contributed by atoms with Crippen molar-refractivity contribution >= 4 is 23.4 Å². The lowest BCUT2D eigenvalue weighted by Crippen LogP contribution is -2.33. The third kappa shape index (κ3) is 7.46. The number of benzene rings is 2. The van der Waals surface area contributed by atoms with Crippen molar-refractivity contribution < 1.29 is 32.3 Å². The Kier molecular flexibility index (Phi) is 7.79. The van der Waals surface area contributed by atoms with Crippen molar-refractivity contribution in [2.45, 2.75) is 13.1 Å². The van der Waals surface area contributed by atoms with Crippen molar-refractivity contribution in [3.8, 4) is 5.75 Å². The molecule has 0 aliphatic heterocycles. The summed E-state index contributed by atoms with van der Waals surface area (Å²) in [5, 5.41) is 7.70. The molecule has 0 unspecified atom stereocenters. The molecule has 3 N–H and O–H groups in total. The molecule has 0 saturated carbocycles. The summed E-state index contributed by atoms with van der Waals surface area (Å²) in [5.41, 5.74) is -0.121. The Morgan fingerprint density at radius 1 is 0.967 bits per heavy atom. The molecule has 0 aliphatic rings. The molecule has 0 radical (unpaired) electrons. The Morgan fingerprint density at radius 2 is 1.63 bits per heavy atom. The largest absolute Gasteiger partial charge is 0.484 e. The molecule has 0 fully saturated rings. The van der Waals surface area contributed by atoms with Crippen LogP contribution in [0.15, 0.2) is 48.5 Å². The van der Waals surface area contributed by atoms with Gasteiger partial charge in [-0.05, 0) is 42.5 Å². The van der Waals surface area contributed by atoms with E-state index in [2.05, 4.69) is 16.0 Å². The second-order valence-corrected chi connectivity index (χ2v) is 6.18. The molecule has 0 heterocycles. The van der Waals surface area contributed by atoms with Gasteiger partial charge in [0.15, 0.2) is 6.61 Å². The van der Waals surface area contributed by atoms with Crippen LogP contribution in [0.4, 0.5) is 18.9 Å². The first-order valence-electron chi connectivity index (χ1n) is 8.88. The summed E-state index contributed by atoms with van der Waals surface area (Å²) < 4.78 is 43.2. The maximum Gasteiger partial charge on any atom is 0.416 e. The summed E-state index contributed by atoms with van der Waals surface area (Å²) in [5.74, 6) is -1.18. The number of halogens is 3. The van der Waals surface area contributed by atoms with E-state index in [4.69, 9.17) is 4.74 Å². The molecule has 0 bridgehead atoms. The molecule has 3 amide bonds. The molecule has 7 nitrogen and oxygen atoms in total. The van der Waals surface area contributed by atoms with Crippen LogP contribution in [0.25, 0.3) is 0 Å². The fourth-order valence-electron chi connectivity index (χ4n) is 2.33. The molecular weight excluding hydrogens is 403 g/mol. The van der Waals surface area contributed by atoms with Gasteiger partial charge in [0.2, 0.25) is 5.91 Å². The number of amides is 3. The number of alkyl halides is 3. The number of carbonyl (C=O) groups is 3. The highest BCUT2D eigenvalue weighted by Gasteiger charge is 2.30. The maximum absolute atomic E-state index is 12.7. The standard InChI is InChI=1S/C20H20F3N3O4/c1-13(27)24-9-10-25-19(29)14-5-7-16(8-6-14)26-18(28)12-30-17-4-2-3-15(11-17)20(21,22)23/h2-8,11H,9-10,12H2,1H3,(H,24,27)(H,25,29)(H,26,28). The second-order valence-electron chi connectivity index (χ2n) is 6.18. The molecule has 30 heavy (non-hydrogen) atoms. The van der Waals surface area contributed by atoms with Gasteiger partial charge < -0.3 is 20.7 Å². The molecule has 0 saturated heterocycles. The fraction of sp³-hybridized carbons (Fsp3) is 0.250. The molecule has 10 heteroatoms. The van der Waals surface area contributed by atoms with E-state index in [1.807, 2.05) is 0 Å². The minimum absolute atomic E-state index is 0.0775. The number of anilines is 1. The average molecular weight is 423 g/mol. The van der Waals surface area contributed by atoms with Gasteiger partial charge in [0, 0.05) is 31.3 Å². The van der Waals surface area contributed by atoms with E-state index in [1.54, 1.807) is 0 Å². The first-order chi connectivity index (χ1) is 14.1. The molecule has 0 aromatic heterocycles. The van der Waals surface area contributed by atoms with Crippen LogP contribution in [-0.4, -0.2) is 37.4 Å². The van der Waals surface area contributed by atoms with Crippen LogP contribution in [0.3, 0.4) is 0 Å². The van der Waals surface area contributed by atoms with Crippen LogP contribution in [0, 0.1) is 0 Å². The van der Waals surface area contributed by atoms with Gasteiger partial charge in [0.05, 0.1) is 5.56 Å². The second kappa shape index (κ2) is 10.3. The van der Waals surface area contributed by atoms with Gasteiger partial charge in [-0.3, -0.25) is 14.4 Å². The van der Waals surface area contributed by atoms with Crippen molar-refractivity contribution in [3.63, 3.8) is 0 Å². The van der Waals surface area contributed by atoms with Gasteiger partial charge in [0.1, 0.15) is 5.75 Å². The zero-order chi connectivity index (χ0) is 22.1. The Bertz CT molecular complexity index is 899. The molecule has 160 valence electrons. The van der Waals surface area contributed by atoms with Gasteiger partial charge in [-0.15, -0.1) is 0 Å². The molecule has 0 aliphatic carbocycles. The monoisotopic (exact) mass is 423 g/mol. The first kappa shape index (κ1) is 22.7. The van der Waals surface area contributed by atoms with Crippen molar-refractivity contribution in [2.75, 3.05) is 25.0 Å². The van der Waals surface area contributed by atoms with E-state index < -0.39 is 24.3 Å². The van der Waals surface area contributed by atoms with Crippen LogP contribution >= 0.6 is 0 Å². The fourth-order valence-corrected chi connectivity index (χ4v) is 2.33. The summed E-state index contributed by atoms with van der Waals surface area (Å²) in [6.07, 6.45) is -4.50.